The molecule has 110 valence electrons. The molecule has 0 fully saturated rings. The normalized spacial score (nSPS) is 11.9. The van der Waals surface area contributed by atoms with E-state index in [1.807, 2.05) is 18.2 Å². The minimum Gasteiger partial charge on any atom is -0.462 e. The topological polar surface area (TPSA) is 59.4 Å². The maximum Gasteiger partial charge on any atom is 0.336 e. The molecule has 0 aliphatic rings. The van der Waals surface area contributed by atoms with Crippen LogP contribution in [0.2, 0.25) is 5.02 Å². The molecular formula is C15H14ClNO3S. The Balaban J connectivity index is 1.85. The van der Waals surface area contributed by atoms with Gasteiger partial charge in [0, 0.05) is 23.0 Å². The van der Waals surface area contributed by atoms with Crippen molar-refractivity contribution < 1.29 is 14.6 Å². The van der Waals surface area contributed by atoms with Crippen molar-refractivity contribution >= 4 is 28.9 Å². The third-order valence-corrected chi connectivity index (χ3v) is 4.04. The summed E-state index contributed by atoms with van der Waals surface area (Å²) in [5.74, 6) is -0.634. The minimum absolute atomic E-state index is 0.0240. The van der Waals surface area contributed by atoms with Crippen molar-refractivity contribution in [3.05, 3.63) is 63.6 Å². The number of nitrogens with zero attached hydrogens (tertiary/aromatic N) is 1. The lowest BCUT2D eigenvalue weighted by Crippen LogP contribution is -2.15. The maximum absolute atomic E-state index is 11.8. The zero-order valence-corrected chi connectivity index (χ0v) is 12.7. The van der Waals surface area contributed by atoms with Crippen LogP contribution >= 0.6 is 22.9 Å². The number of esters is 1. The Kier molecular flexibility index (Phi) is 5.50. The van der Waals surface area contributed by atoms with E-state index in [1.165, 1.54) is 11.3 Å². The molecule has 2 rings (SSSR count). The molecule has 21 heavy (non-hydrogen) atoms. The van der Waals surface area contributed by atoms with Gasteiger partial charge in [-0.1, -0.05) is 36.4 Å². The Labute approximate surface area is 131 Å². The van der Waals surface area contributed by atoms with Crippen LogP contribution in [0.5, 0.6) is 0 Å². The summed E-state index contributed by atoms with van der Waals surface area (Å²) in [6.07, 6.45) is 0.934. The highest BCUT2D eigenvalue weighted by atomic mass is 35.5. The first kappa shape index (κ1) is 15.7. The Morgan fingerprint density at radius 2 is 2.24 bits per heavy atom. The number of aliphatic hydroxyl groups excluding tert-OH is 1. The van der Waals surface area contributed by atoms with Gasteiger partial charge in [0.2, 0.25) is 0 Å². The summed E-state index contributed by atoms with van der Waals surface area (Å²) >= 11 is 7.27. The summed E-state index contributed by atoms with van der Waals surface area (Å²) in [6.45, 7) is 3.74. The number of halogens is 1. The number of thiazole rings is 1. The molecule has 6 heteroatoms. The average Bonchev–Trinajstić information content (AvgIpc) is 3.01. The molecule has 0 aliphatic carbocycles. The molecule has 0 aliphatic heterocycles. The molecule has 0 amide bonds. The second kappa shape index (κ2) is 7.36. The van der Waals surface area contributed by atoms with Crippen molar-refractivity contribution in [3.8, 4) is 0 Å². The number of carbonyl (C=O) groups excluding carboxylic acids is 1. The van der Waals surface area contributed by atoms with Crippen molar-refractivity contribution in [2.24, 2.45) is 0 Å². The zero-order valence-electron chi connectivity index (χ0n) is 11.2. The fourth-order valence-electron chi connectivity index (χ4n) is 1.68. The molecule has 1 aromatic carbocycles. The zero-order chi connectivity index (χ0) is 15.2. The predicted molar refractivity (Wildman–Crippen MR) is 82.3 cm³/mol. The van der Waals surface area contributed by atoms with Crippen LogP contribution in [0.3, 0.4) is 0 Å². The quantitative estimate of drug-likeness (QED) is 0.655. The van der Waals surface area contributed by atoms with Gasteiger partial charge in [-0.25, -0.2) is 9.78 Å². The first-order valence-electron chi connectivity index (χ1n) is 6.26. The second-order valence-corrected chi connectivity index (χ2v) is 5.61. The molecule has 1 N–H and O–H groups in total. The highest BCUT2D eigenvalue weighted by Gasteiger charge is 2.21. The highest BCUT2D eigenvalue weighted by molar-refractivity contribution is 7.09. The smallest absolute Gasteiger partial charge is 0.336 e. The molecule has 0 saturated heterocycles. The number of rotatable bonds is 6. The molecule has 0 radical (unpaired) electrons. The van der Waals surface area contributed by atoms with Crippen LogP contribution in [0.1, 0.15) is 16.7 Å². The van der Waals surface area contributed by atoms with Crippen LogP contribution in [0.25, 0.3) is 0 Å². The Hall–Kier alpha value is -1.69. The van der Waals surface area contributed by atoms with Gasteiger partial charge < -0.3 is 9.84 Å². The summed E-state index contributed by atoms with van der Waals surface area (Å²) in [4.78, 5) is 15.8. The Morgan fingerprint density at radius 1 is 1.48 bits per heavy atom. The molecular weight excluding hydrogens is 310 g/mol. The average molecular weight is 324 g/mol. The SMILES string of the molecule is C=C(C(=O)OCCc1ccccc1Cl)C(O)c1nccs1. The molecule has 1 unspecified atom stereocenters. The molecule has 0 bridgehead atoms. The number of aromatic nitrogens is 1. The number of hydrogen-bond acceptors (Lipinski definition) is 5. The van der Waals surface area contributed by atoms with Crippen LogP contribution in [0, 0.1) is 0 Å². The minimum atomic E-state index is -1.13. The molecule has 1 atom stereocenters. The number of aliphatic hydroxyl groups is 1. The van der Waals surface area contributed by atoms with Crippen LogP contribution in [-0.2, 0) is 16.0 Å². The van der Waals surface area contributed by atoms with Gasteiger partial charge in [-0.2, -0.15) is 0 Å². The summed E-state index contributed by atoms with van der Waals surface area (Å²) in [6, 6.07) is 7.36. The fourth-order valence-corrected chi connectivity index (χ4v) is 2.56. The van der Waals surface area contributed by atoms with E-state index in [0.717, 1.165) is 5.56 Å². The summed E-state index contributed by atoms with van der Waals surface area (Å²) < 4.78 is 5.10. The van der Waals surface area contributed by atoms with E-state index in [9.17, 15) is 9.90 Å². The van der Waals surface area contributed by atoms with Gasteiger partial charge in [0.1, 0.15) is 11.1 Å². The van der Waals surface area contributed by atoms with E-state index in [-0.39, 0.29) is 12.2 Å². The van der Waals surface area contributed by atoms with Crippen LogP contribution in [0.4, 0.5) is 0 Å². The number of benzene rings is 1. The molecule has 0 spiro atoms. The van der Waals surface area contributed by atoms with Crippen LogP contribution in [-0.4, -0.2) is 22.7 Å². The van der Waals surface area contributed by atoms with E-state index in [4.69, 9.17) is 16.3 Å². The van der Waals surface area contributed by atoms with Gasteiger partial charge in [0.15, 0.2) is 0 Å². The summed E-state index contributed by atoms with van der Waals surface area (Å²) in [5, 5.41) is 12.7. The van der Waals surface area contributed by atoms with E-state index in [2.05, 4.69) is 11.6 Å². The van der Waals surface area contributed by atoms with E-state index in [1.54, 1.807) is 17.6 Å². The third-order valence-electron chi connectivity index (χ3n) is 2.84. The lowest BCUT2D eigenvalue weighted by atomic mass is 10.1. The molecule has 2 aromatic rings. The molecule has 1 heterocycles. The standard InChI is InChI=1S/C15H14ClNO3S/c1-10(13(18)14-17-7-9-21-14)15(19)20-8-6-11-4-2-3-5-12(11)16/h2-5,7,9,13,18H,1,6,8H2. The van der Waals surface area contributed by atoms with Crippen molar-refractivity contribution in [2.45, 2.75) is 12.5 Å². The van der Waals surface area contributed by atoms with Crippen LogP contribution in [0.15, 0.2) is 48.0 Å². The van der Waals surface area contributed by atoms with Crippen molar-refractivity contribution in [3.63, 3.8) is 0 Å². The lowest BCUT2D eigenvalue weighted by Gasteiger charge is -2.11. The third kappa shape index (κ3) is 4.14. The highest BCUT2D eigenvalue weighted by Crippen LogP contribution is 2.23. The second-order valence-electron chi connectivity index (χ2n) is 4.28. The monoisotopic (exact) mass is 323 g/mol. The first-order chi connectivity index (χ1) is 10.1. The van der Waals surface area contributed by atoms with Gasteiger partial charge in [-0.3, -0.25) is 0 Å². The molecule has 4 nitrogen and oxygen atoms in total. The van der Waals surface area contributed by atoms with Gasteiger partial charge in [0.25, 0.3) is 0 Å². The van der Waals surface area contributed by atoms with Gasteiger partial charge in [-0.15, -0.1) is 11.3 Å². The molecule has 1 aromatic heterocycles. The van der Waals surface area contributed by atoms with Crippen molar-refractivity contribution in [1.82, 2.24) is 4.98 Å². The number of ether oxygens (including phenoxy) is 1. The summed E-state index contributed by atoms with van der Waals surface area (Å²) in [5.41, 5.74) is 0.877. The van der Waals surface area contributed by atoms with Crippen molar-refractivity contribution in [1.29, 1.82) is 0 Å². The van der Waals surface area contributed by atoms with Crippen LogP contribution < -0.4 is 0 Å². The Morgan fingerprint density at radius 3 is 2.90 bits per heavy atom. The Bertz CT molecular complexity index is 628. The largest absolute Gasteiger partial charge is 0.462 e. The van der Waals surface area contributed by atoms with Crippen molar-refractivity contribution in [2.75, 3.05) is 6.61 Å². The first-order valence-corrected chi connectivity index (χ1v) is 7.52. The lowest BCUT2D eigenvalue weighted by molar-refractivity contribution is -0.140. The van der Waals surface area contributed by atoms with Gasteiger partial charge in [-0.05, 0) is 11.6 Å². The van der Waals surface area contributed by atoms with Gasteiger partial charge in [0.05, 0.1) is 12.2 Å². The van der Waals surface area contributed by atoms with E-state index >= 15 is 0 Å². The van der Waals surface area contributed by atoms with Gasteiger partial charge >= 0.3 is 5.97 Å². The number of carbonyl (C=O) groups is 1. The summed E-state index contributed by atoms with van der Waals surface area (Å²) in [7, 11) is 0. The maximum atomic E-state index is 11.8. The van der Waals surface area contributed by atoms with E-state index < -0.39 is 12.1 Å². The predicted octanol–water partition coefficient (Wildman–Crippen LogP) is 3.17. The number of hydrogen-bond donors (Lipinski definition) is 1. The molecule has 0 saturated carbocycles. The van der Waals surface area contributed by atoms with E-state index in [0.29, 0.717) is 16.5 Å². The fraction of sp³-hybridized carbons (Fsp3) is 0.200.